The molecule has 2 aromatic rings. The molecule has 0 saturated heterocycles. The Balaban J connectivity index is 3.12. The van der Waals surface area contributed by atoms with Gasteiger partial charge in [-0.25, -0.2) is 0 Å². The molecule has 0 spiro atoms. The van der Waals surface area contributed by atoms with Crippen molar-refractivity contribution in [3.8, 4) is 0 Å². The summed E-state index contributed by atoms with van der Waals surface area (Å²) in [5, 5.41) is 0. The molecule has 0 aliphatic heterocycles. The third kappa shape index (κ3) is 6.42. The van der Waals surface area contributed by atoms with Crippen LogP contribution in [-0.4, -0.2) is 0 Å². The van der Waals surface area contributed by atoms with Crippen molar-refractivity contribution in [2.75, 3.05) is 0 Å². The number of rotatable bonds is 3. The molecular formula is C35H56. The molecule has 0 aliphatic carbocycles. The molecule has 2 rings (SSSR count). The Labute approximate surface area is 219 Å². The quantitative estimate of drug-likeness (QED) is 0.413. The predicted molar refractivity (Wildman–Crippen MR) is 159 cm³/mol. The first kappa shape index (κ1) is 29.7. The SMILES string of the molecule is CCC(c1cccc(C(C)(C)C)c1C(C)(C)C)c1cc(C(C)(C)C)cc(C(C)(C)C)c1C(C)(C)C. The van der Waals surface area contributed by atoms with E-state index >= 15 is 0 Å². The van der Waals surface area contributed by atoms with E-state index in [1.54, 1.807) is 5.56 Å². The van der Waals surface area contributed by atoms with Crippen LogP contribution in [0.3, 0.4) is 0 Å². The van der Waals surface area contributed by atoms with Crippen LogP contribution in [0, 0.1) is 0 Å². The maximum absolute atomic E-state index is 2.57. The molecule has 0 N–H and O–H groups in total. The third-order valence-electron chi connectivity index (χ3n) is 7.41. The standard InChI is InChI=1S/C35H56/c1-17-24(25-19-18-20-27(32(5,6)7)29(25)34(11,12)13)26-21-23(31(2,3)4)22-28(33(8,9)10)30(26)35(14,15)16/h18-22,24H,17H2,1-16H3. The van der Waals surface area contributed by atoms with Crippen molar-refractivity contribution in [1.82, 2.24) is 0 Å². The van der Waals surface area contributed by atoms with Gasteiger partial charge in [0.25, 0.3) is 0 Å². The molecule has 0 nitrogen and oxygen atoms in total. The van der Waals surface area contributed by atoms with Crippen molar-refractivity contribution in [3.63, 3.8) is 0 Å². The molecule has 0 saturated carbocycles. The lowest BCUT2D eigenvalue weighted by molar-refractivity contribution is 0.505. The van der Waals surface area contributed by atoms with E-state index in [0.29, 0.717) is 5.92 Å². The summed E-state index contributed by atoms with van der Waals surface area (Å²) in [6.45, 7) is 38.1. The summed E-state index contributed by atoms with van der Waals surface area (Å²) in [6.07, 6.45) is 1.09. The topological polar surface area (TPSA) is 0 Å². The lowest BCUT2D eigenvalue weighted by atomic mass is 9.65. The van der Waals surface area contributed by atoms with E-state index in [1.807, 2.05) is 0 Å². The first-order valence-corrected chi connectivity index (χ1v) is 13.8. The second kappa shape index (κ2) is 9.39. The predicted octanol–water partition coefficient (Wildman–Crippen LogP) is 10.7. The highest BCUT2D eigenvalue weighted by Crippen LogP contribution is 2.47. The van der Waals surface area contributed by atoms with E-state index in [4.69, 9.17) is 0 Å². The van der Waals surface area contributed by atoms with E-state index in [1.165, 1.54) is 33.4 Å². The van der Waals surface area contributed by atoms with Gasteiger partial charge in [0.1, 0.15) is 0 Å². The Morgan fingerprint density at radius 2 is 0.971 bits per heavy atom. The van der Waals surface area contributed by atoms with Gasteiger partial charge in [-0.1, -0.05) is 141 Å². The molecule has 0 amide bonds. The summed E-state index contributed by atoms with van der Waals surface area (Å²) in [4.78, 5) is 0. The smallest absolute Gasteiger partial charge is 0.00929 e. The van der Waals surface area contributed by atoms with Gasteiger partial charge in [0.2, 0.25) is 0 Å². The summed E-state index contributed by atoms with van der Waals surface area (Å²) >= 11 is 0. The first-order chi connectivity index (χ1) is 15.5. The second-order valence-corrected chi connectivity index (χ2v) is 16.0. The normalized spacial score (nSPS) is 14.9. The minimum Gasteiger partial charge on any atom is -0.0645 e. The van der Waals surface area contributed by atoms with Crippen LogP contribution in [0.15, 0.2) is 30.3 Å². The van der Waals surface area contributed by atoms with Gasteiger partial charge in [-0.2, -0.15) is 0 Å². The average Bonchev–Trinajstić information content (AvgIpc) is 2.64. The Morgan fingerprint density at radius 3 is 1.34 bits per heavy atom. The fourth-order valence-corrected chi connectivity index (χ4v) is 5.73. The van der Waals surface area contributed by atoms with E-state index in [9.17, 15) is 0 Å². The highest BCUT2D eigenvalue weighted by molar-refractivity contribution is 5.55. The van der Waals surface area contributed by atoms with E-state index in [0.717, 1.165) is 6.42 Å². The van der Waals surface area contributed by atoms with Gasteiger partial charge in [-0.3, -0.25) is 0 Å². The molecule has 1 unspecified atom stereocenters. The number of hydrogen-bond donors (Lipinski definition) is 0. The molecular weight excluding hydrogens is 420 g/mol. The Hall–Kier alpha value is -1.56. The molecule has 0 bridgehead atoms. The molecule has 0 heteroatoms. The van der Waals surface area contributed by atoms with Crippen LogP contribution in [0.25, 0.3) is 0 Å². The first-order valence-electron chi connectivity index (χ1n) is 13.8. The van der Waals surface area contributed by atoms with Crippen LogP contribution >= 0.6 is 0 Å². The molecule has 0 radical (unpaired) electrons. The zero-order valence-corrected chi connectivity index (χ0v) is 26.2. The molecule has 196 valence electrons. The Bertz CT molecular complexity index is 1030. The summed E-state index contributed by atoms with van der Waals surface area (Å²) in [5.74, 6) is 0.365. The second-order valence-electron chi connectivity index (χ2n) is 16.0. The average molecular weight is 477 g/mol. The summed E-state index contributed by atoms with van der Waals surface area (Å²) in [6, 6.07) is 12.2. The van der Waals surface area contributed by atoms with Crippen molar-refractivity contribution in [1.29, 1.82) is 0 Å². The van der Waals surface area contributed by atoms with E-state index in [2.05, 4.69) is 141 Å². The monoisotopic (exact) mass is 476 g/mol. The van der Waals surface area contributed by atoms with Gasteiger partial charge in [-0.15, -0.1) is 0 Å². The molecule has 2 aromatic carbocycles. The van der Waals surface area contributed by atoms with Crippen LogP contribution in [0.1, 0.15) is 162 Å². The molecule has 0 fully saturated rings. The number of hydrogen-bond acceptors (Lipinski definition) is 0. The van der Waals surface area contributed by atoms with Crippen LogP contribution in [0.4, 0.5) is 0 Å². The van der Waals surface area contributed by atoms with Crippen molar-refractivity contribution < 1.29 is 0 Å². The van der Waals surface area contributed by atoms with Gasteiger partial charge in [-0.05, 0) is 72.4 Å². The lowest BCUT2D eigenvalue weighted by Gasteiger charge is -2.39. The summed E-state index contributed by atoms with van der Waals surface area (Å²) in [7, 11) is 0. The molecule has 35 heavy (non-hydrogen) atoms. The van der Waals surface area contributed by atoms with Gasteiger partial charge in [0.15, 0.2) is 0 Å². The minimum atomic E-state index is 0.0608. The maximum Gasteiger partial charge on any atom is 0.00929 e. The van der Waals surface area contributed by atoms with E-state index < -0.39 is 0 Å². The van der Waals surface area contributed by atoms with Gasteiger partial charge < -0.3 is 0 Å². The van der Waals surface area contributed by atoms with Crippen molar-refractivity contribution >= 4 is 0 Å². The lowest BCUT2D eigenvalue weighted by Crippen LogP contribution is -2.29. The highest BCUT2D eigenvalue weighted by Gasteiger charge is 2.35. The number of benzene rings is 2. The molecule has 1 atom stereocenters. The molecule has 0 aromatic heterocycles. The molecule has 0 aliphatic rings. The summed E-state index contributed by atoms with van der Waals surface area (Å²) < 4.78 is 0. The zero-order valence-electron chi connectivity index (χ0n) is 26.2. The fourth-order valence-electron chi connectivity index (χ4n) is 5.73. The van der Waals surface area contributed by atoms with Gasteiger partial charge >= 0.3 is 0 Å². The summed E-state index contributed by atoms with van der Waals surface area (Å²) in [5.41, 5.74) is 11.0. The van der Waals surface area contributed by atoms with E-state index in [-0.39, 0.29) is 27.1 Å². The van der Waals surface area contributed by atoms with Crippen LogP contribution < -0.4 is 0 Å². The Morgan fingerprint density at radius 1 is 0.514 bits per heavy atom. The third-order valence-corrected chi connectivity index (χ3v) is 7.41. The fraction of sp³-hybridized carbons (Fsp3) is 0.657. The van der Waals surface area contributed by atoms with Gasteiger partial charge in [0, 0.05) is 5.92 Å². The van der Waals surface area contributed by atoms with Crippen molar-refractivity contribution in [2.45, 2.75) is 150 Å². The highest BCUT2D eigenvalue weighted by atomic mass is 14.4. The van der Waals surface area contributed by atoms with Crippen molar-refractivity contribution in [2.24, 2.45) is 0 Å². The van der Waals surface area contributed by atoms with Crippen molar-refractivity contribution in [3.05, 3.63) is 69.3 Å². The Kier molecular flexibility index (Phi) is 7.96. The van der Waals surface area contributed by atoms with Crippen LogP contribution in [0.5, 0.6) is 0 Å². The zero-order chi connectivity index (χ0) is 27.4. The van der Waals surface area contributed by atoms with Gasteiger partial charge in [0.05, 0.1) is 0 Å². The van der Waals surface area contributed by atoms with Crippen LogP contribution in [-0.2, 0) is 27.1 Å². The maximum atomic E-state index is 2.57. The largest absolute Gasteiger partial charge is 0.0645 e. The van der Waals surface area contributed by atoms with Crippen LogP contribution in [0.2, 0.25) is 0 Å². The minimum absolute atomic E-state index is 0.0608. The molecule has 0 heterocycles.